The molecule has 0 saturated carbocycles. The summed E-state index contributed by atoms with van der Waals surface area (Å²) in [6.07, 6.45) is 0. The van der Waals surface area contributed by atoms with E-state index >= 15 is 0 Å². The second kappa shape index (κ2) is 5.73. The van der Waals surface area contributed by atoms with E-state index in [-0.39, 0.29) is 11.3 Å². The molecule has 0 aromatic heterocycles. The molecule has 0 bridgehead atoms. The number of benzene rings is 2. The van der Waals surface area contributed by atoms with Crippen molar-refractivity contribution in [1.29, 1.82) is 0 Å². The van der Waals surface area contributed by atoms with Crippen LogP contribution in [0.5, 0.6) is 5.75 Å². The molecule has 0 aliphatic carbocycles. The minimum Gasteiger partial charge on any atom is -0.490 e. The van der Waals surface area contributed by atoms with Crippen LogP contribution in [0.15, 0.2) is 42.5 Å². The first-order valence-electron chi connectivity index (χ1n) is 8.02. The molecule has 1 aliphatic heterocycles. The van der Waals surface area contributed by atoms with Gasteiger partial charge in [-0.15, -0.1) is 0 Å². The van der Waals surface area contributed by atoms with Crippen LogP contribution in [0.25, 0.3) is 0 Å². The zero-order chi connectivity index (χ0) is 16.6. The average molecular weight is 309 g/mol. The third-order valence-corrected chi connectivity index (χ3v) is 4.22. The Labute approximate surface area is 137 Å². The quantitative estimate of drug-likeness (QED) is 0.784. The van der Waals surface area contributed by atoms with Gasteiger partial charge in [0.05, 0.1) is 12.2 Å². The third-order valence-electron chi connectivity index (χ3n) is 4.22. The number of ether oxygens (including phenoxy) is 1. The number of hydrogen-bond donors (Lipinski definition) is 0. The van der Waals surface area contributed by atoms with E-state index < -0.39 is 0 Å². The van der Waals surface area contributed by atoms with E-state index in [1.54, 1.807) is 0 Å². The van der Waals surface area contributed by atoms with Crippen LogP contribution in [0.1, 0.15) is 42.3 Å². The number of carbonyl (C=O) groups is 1. The lowest BCUT2D eigenvalue weighted by atomic mass is 9.86. The maximum Gasteiger partial charge on any atom is 0.258 e. The van der Waals surface area contributed by atoms with Crippen LogP contribution in [-0.4, -0.2) is 19.1 Å². The zero-order valence-electron chi connectivity index (χ0n) is 14.2. The first kappa shape index (κ1) is 15.6. The van der Waals surface area contributed by atoms with E-state index in [0.717, 1.165) is 17.0 Å². The molecule has 23 heavy (non-hydrogen) atoms. The fraction of sp³-hybridized carbons (Fsp3) is 0.350. The fourth-order valence-electron chi connectivity index (χ4n) is 2.81. The van der Waals surface area contributed by atoms with Crippen molar-refractivity contribution in [2.45, 2.75) is 33.1 Å². The Morgan fingerprint density at radius 2 is 1.78 bits per heavy atom. The van der Waals surface area contributed by atoms with Gasteiger partial charge in [0.15, 0.2) is 0 Å². The Balaban J connectivity index is 1.91. The molecule has 1 amide bonds. The smallest absolute Gasteiger partial charge is 0.258 e. The minimum absolute atomic E-state index is 0.0283. The average Bonchev–Trinajstić information content (AvgIpc) is 2.53. The number of aryl methyl sites for hydroxylation is 1. The maximum absolute atomic E-state index is 12.9. The summed E-state index contributed by atoms with van der Waals surface area (Å²) in [5, 5.41) is 0. The first-order chi connectivity index (χ1) is 10.9. The Kier molecular flexibility index (Phi) is 3.88. The van der Waals surface area contributed by atoms with E-state index in [2.05, 4.69) is 20.8 Å². The van der Waals surface area contributed by atoms with Crippen LogP contribution in [0.3, 0.4) is 0 Å². The molecule has 0 atom stereocenters. The zero-order valence-corrected chi connectivity index (χ0v) is 14.2. The number of anilines is 1. The molecule has 1 aliphatic rings. The monoisotopic (exact) mass is 309 g/mol. The summed E-state index contributed by atoms with van der Waals surface area (Å²) >= 11 is 0. The lowest BCUT2D eigenvalue weighted by molar-refractivity contribution is 0.0976. The Morgan fingerprint density at radius 1 is 1.09 bits per heavy atom. The topological polar surface area (TPSA) is 29.5 Å². The van der Waals surface area contributed by atoms with Crippen molar-refractivity contribution in [1.82, 2.24) is 0 Å². The number of nitrogens with zero attached hydrogens (tertiary/aromatic N) is 1. The van der Waals surface area contributed by atoms with Gasteiger partial charge in [0.25, 0.3) is 5.91 Å². The van der Waals surface area contributed by atoms with Crippen molar-refractivity contribution < 1.29 is 9.53 Å². The normalized spacial score (nSPS) is 14.2. The highest BCUT2D eigenvalue weighted by Crippen LogP contribution is 2.33. The largest absolute Gasteiger partial charge is 0.490 e. The van der Waals surface area contributed by atoms with Gasteiger partial charge in [0, 0.05) is 5.56 Å². The Hall–Kier alpha value is -2.29. The van der Waals surface area contributed by atoms with E-state index in [4.69, 9.17) is 4.74 Å². The SMILES string of the molecule is Cc1ccc2c(c1)N(C(=O)c1ccc(C(C)(C)C)cc1)CCO2. The van der Waals surface area contributed by atoms with Crippen molar-refractivity contribution in [2.75, 3.05) is 18.1 Å². The van der Waals surface area contributed by atoms with Crippen LogP contribution in [0.4, 0.5) is 5.69 Å². The van der Waals surface area contributed by atoms with Crippen LogP contribution < -0.4 is 9.64 Å². The molecule has 3 rings (SSSR count). The molecule has 2 aromatic rings. The standard InChI is InChI=1S/C20H23NO2/c1-14-5-10-18-17(13-14)21(11-12-23-18)19(22)15-6-8-16(9-7-15)20(2,3)4/h5-10,13H,11-12H2,1-4H3. The summed E-state index contributed by atoms with van der Waals surface area (Å²) in [5.41, 5.74) is 4.01. The maximum atomic E-state index is 12.9. The summed E-state index contributed by atoms with van der Waals surface area (Å²) in [7, 11) is 0. The van der Waals surface area contributed by atoms with E-state index in [0.29, 0.717) is 18.7 Å². The predicted molar refractivity (Wildman–Crippen MR) is 93.5 cm³/mol. The molecule has 0 radical (unpaired) electrons. The molecule has 120 valence electrons. The van der Waals surface area contributed by atoms with Crippen molar-refractivity contribution in [3.63, 3.8) is 0 Å². The third kappa shape index (κ3) is 3.09. The van der Waals surface area contributed by atoms with Crippen LogP contribution >= 0.6 is 0 Å². The molecule has 0 spiro atoms. The van der Waals surface area contributed by atoms with Crippen molar-refractivity contribution >= 4 is 11.6 Å². The second-order valence-electron chi connectivity index (χ2n) is 7.10. The van der Waals surface area contributed by atoms with Crippen molar-refractivity contribution in [2.24, 2.45) is 0 Å². The summed E-state index contributed by atoms with van der Waals surface area (Å²) < 4.78 is 5.66. The molecule has 0 saturated heterocycles. The van der Waals surface area contributed by atoms with Gasteiger partial charge in [0.2, 0.25) is 0 Å². The van der Waals surface area contributed by atoms with E-state index in [1.165, 1.54) is 5.56 Å². The molecular formula is C20H23NO2. The Bertz CT molecular complexity index is 726. The molecule has 3 heteroatoms. The van der Waals surface area contributed by atoms with Gasteiger partial charge >= 0.3 is 0 Å². The van der Waals surface area contributed by atoms with Gasteiger partial charge in [-0.05, 0) is 47.7 Å². The van der Waals surface area contributed by atoms with Crippen LogP contribution in [0.2, 0.25) is 0 Å². The van der Waals surface area contributed by atoms with Gasteiger partial charge in [-0.3, -0.25) is 4.79 Å². The summed E-state index contributed by atoms with van der Waals surface area (Å²) in [5.74, 6) is 0.808. The summed E-state index contributed by atoms with van der Waals surface area (Å²) in [6.45, 7) is 9.65. The van der Waals surface area contributed by atoms with Gasteiger partial charge in [-0.2, -0.15) is 0 Å². The predicted octanol–water partition coefficient (Wildman–Crippen LogP) is 4.33. The highest BCUT2D eigenvalue weighted by molar-refractivity contribution is 6.07. The fourth-order valence-corrected chi connectivity index (χ4v) is 2.81. The number of amides is 1. The molecule has 0 N–H and O–H groups in total. The highest BCUT2D eigenvalue weighted by Gasteiger charge is 2.25. The van der Waals surface area contributed by atoms with Gasteiger partial charge in [0.1, 0.15) is 12.4 Å². The summed E-state index contributed by atoms with van der Waals surface area (Å²) in [4.78, 5) is 14.7. The second-order valence-corrected chi connectivity index (χ2v) is 7.10. The number of rotatable bonds is 1. The lowest BCUT2D eigenvalue weighted by Gasteiger charge is -2.30. The number of carbonyl (C=O) groups excluding carboxylic acids is 1. The Morgan fingerprint density at radius 3 is 2.43 bits per heavy atom. The van der Waals surface area contributed by atoms with Gasteiger partial charge in [-0.25, -0.2) is 0 Å². The first-order valence-corrected chi connectivity index (χ1v) is 8.02. The van der Waals surface area contributed by atoms with Gasteiger partial charge in [-0.1, -0.05) is 39.0 Å². The molecule has 0 unspecified atom stereocenters. The molecular weight excluding hydrogens is 286 g/mol. The molecule has 3 nitrogen and oxygen atoms in total. The highest BCUT2D eigenvalue weighted by atomic mass is 16.5. The lowest BCUT2D eigenvalue weighted by Crippen LogP contribution is -2.38. The number of hydrogen-bond acceptors (Lipinski definition) is 2. The van der Waals surface area contributed by atoms with Crippen LogP contribution in [0, 0.1) is 6.92 Å². The van der Waals surface area contributed by atoms with Gasteiger partial charge < -0.3 is 9.64 Å². The summed E-state index contributed by atoms with van der Waals surface area (Å²) in [6, 6.07) is 13.9. The molecule has 1 heterocycles. The molecule has 0 fully saturated rings. The molecule has 2 aromatic carbocycles. The van der Waals surface area contributed by atoms with Crippen LogP contribution in [-0.2, 0) is 5.41 Å². The van der Waals surface area contributed by atoms with E-state index in [1.807, 2.05) is 54.3 Å². The minimum atomic E-state index is 0.0283. The number of fused-ring (bicyclic) bond motifs is 1. The van der Waals surface area contributed by atoms with E-state index in [9.17, 15) is 4.79 Å². The van der Waals surface area contributed by atoms with Crippen molar-refractivity contribution in [3.05, 3.63) is 59.2 Å². The van der Waals surface area contributed by atoms with Crippen molar-refractivity contribution in [3.8, 4) is 5.75 Å².